The van der Waals surface area contributed by atoms with E-state index in [1.54, 1.807) is 12.0 Å². The first-order chi connectivity index (χ1) is 12.5. The van der Waals surface area contributed by atoms with Crippen molar-refractivity contribution in [3.05, 3.63) is 65.7 Å². The number of rotatable bonds is 6. The lowest BCUT2D eigenvalue weighted by molar-refractivity contribution is -0.141. The van der Waals surface area contributed by atoms with Crippen LogP contribution in [0.25, 0.3) is 0 Å². The van der Waals surface area contributed by atoms with Crippen LogP contribution in [0.5, 0.6) is 5.75 Å². The summed E-state index contributed by atoms with van der Waals surface area (Å²) in [6.45, 7) is 2.65. The molecule has 1 N–H and O–H groups in total. The molecule has 1 aliphatic rings. The zero-order valence-electron chi connectivity index (χ0n) is 15.2. The first-order valence-electron chi connectivity index (χ1n) is 8.79. The molecule has 26 heavy (non-hydrogen) atoms. The molecule has 2 aromatic carbocycles. The molecule has 0 saturated carbocycles. The molecule has 2 amide bonds. The number of hydrogen-bond donors (Lipinski definition) is 1. The van der Waals surface area contributed by atoms with Gasteiger partial charge in [-0.05, 0) is 25.0 Å². The third-order valence-electron chi connectivity index (χ3n) is 5.03. The maximum Gasteiger partial charge on any atom is 0.245 e. The molecule has 0 spiro atoms. The fourth-order valence-electron chi connectivity index (χ4n) is 3.37. The Morgan fingerprint density at radius 2 is 1.85 bits per heavy atom. The quantitative estimate of drug-likeness (QED) is 0.870. The van der Waals surface area contributed by atoms with E-state index < -0.39 is 5.54 Å². The summed E-state index contributed by atoms with van der Waals surface area (Å²) in [6.07, 6.45) is 0.895. The molecule has 5 heteroatoms. The van der Waals surface area contributed by atoms with Gasteiger partial charge in [0.2, 0.25) is 11.8 Å². The number of nitrogens with one attached hydrogen (secondary N) is 1. The third kappa shape index (κ3) is 3.57. The lowest BCUT2D eigenvalue weighted by Crippen LogP contribution is -2.53. The lowest BCUT2D eigenvalue weighted by atomic mass is 9.96. The highest BCUT2D eigenvalue weighted by Crippen LogP contribution is 2.33. The minimum Gasteiger partial charge on any atom is -0.496 e. The van der Waals surface area contributed by atoms with E-state index in [2.05, 4.69) is 5.32 Å². The average molecular weight is 352 g/mol. The van der Waals surface area contributed by atoms with Gasteiger partial charge in [0.15, 0.2) is 0 Å². The maximum atomic E-state index is 12.9. The number of amides is 2. The minimum absolute atomic E-state index is 0.00623. The van der Waals surface area contributed by atoms with Crippen molar-refractivity contribution < 1.29 is 14.3 Å². The Labute approximate surface area is 154 Å². The van der Waals surface area contributed by atoms with Gasteiger partial charge in [0, 0.05) is 18.5 Å². The molecule has 1 saturated heterocycles. The van der Waals surface area contributed by atoms with E-state index in [9.17, 15) is 9.59 Å². The minimum atomic E-state index is -0.854. The van der Waals surface area contributed by atoms with Crippen LogP contribution in [0.4, 0.5) is 0 Å². The zero-order chi connectivity index (χ0) is 18.6. The number of hydrogen-bond acceptors (Lipinski definition) is 3. The number of ether oxygens (including phenoxy) is 1. The van der Waals surface area contributed by atoms with Gasteiger partial charge < -0.3 is 15.0 Å². The molecule has 1 atom stereocenters. The summed E-state index contributed by atoms with van der Waals surface area (Å²) in [6, 6.07) is 17.3. The number of nitrogens with zero attached hydrogens (tertiary/aromatic N) is 1. The first kappa shape index (κ1) is 18.0. The van der Waals surface area contributed by atoms with Crippen LogP contribution in [-0.2, 0) is 22.7 Å². The van der Waals surface area contributed by atoms with Crippen LogP contribution in [-0.4, -0.2) is 29.4 Å². The molecular formula is C21H24N2O3. The molecule has 0 aliphatic carbocycles. The molecule has 1 heterocycles. The molecule has 0 aromatic heterocycles. The van der Waals surface area contributed by atoms with Gasteiger partial charge in [0.1, 0.15) is 11.3 Å². The summed E-state index contributed by atoms with van der Waals surface area (Å²) in [7, 11) is 1.61. The molecule has 5 nitrogen and oxygen atoms in total. The Morgan fingerprint density at radius 3 is 2.58 bits per heavy atom. The number of carbonyl (C=O) groups excluding carboxylic acids is 2. The van der Waals surface area contributed by atoms with Crippen LogP contribution in [0.15, 0.2) is 54.6 Å². The Bertz CT molecular complexity index is 791. The Balaban J connectivity index is 1.75. The Kier molecular flexibility index (Phi) is 5.26. The van der Waals surface area contributed by atoms with Crippen molar-refractivity contribution in [2.75, 3.05) is 7.11 Å². The van der Waals surface area contributed by atoms with E-state index in [1.807, 2.05) is 61.5 Å². The van der Waals surface area contributed by atoms with E-state index in [4.69, 9.17) is 4.74 Å². The second-order valence-corrected chi connectivity index (χ2v) is 6.73. The molecular weight excluding hydrogens is 328 g/mol. The van der Waals surface area contributed by atoms with Crippen molar-refractivity contribution in [1.82, 2.24) is 10.2 Å². The van der Waals surface area contributed by atoms with Crippen molar-refractivity contribution in [1.29, 1.82) is 0 Å². The van der Waals surface area contributed by atoms with Crippen LogP contribution in [0, 0.1) is 0 Å². The van der Waals surface area contributed by atoms with E-state index in [0.29, 0.717) is 25.9 Å². The van der Waals surface area contributed by atoms with Crippen molar-refractivity contribution in [3.63, 3.8) is 0 Å². The number of benzene rings is 2. The van der Waals surface area contributed by atoms with Gasteiger partial charge in [0.05, 0.1) is 13.7 Å². The summed E-state index contributed by atoms with van der Waals surface area (Å²) < 4.78 is 5.39. The van der Waals surface area contributed by atoms with Gasteiger partial charge in [-0.1, -0.05) is 48.5 Å². The molecule has 136 valence electrons. The fourth-order valence-corrected chi connectivity index (χ4v) is 3.37. The second kappa shape index (κ2) is 7.60. The summed E-state index contributed by atoms with van der Waals surface area (Å²) in [4.78, 5) is 27.1. The summed E-state index contributed by atoms with van der Waals surface area (Å²) in [5.41, 5.74) is 1.07. The number of likely N-dealkylation sites (tertiary alicyclic amines) is 1. The number of methoxy groups -OCH3 is 1. The van der Waals surface area contributed by atoms with Gasteiger partial charge in [-0.2, -0.15) is 0 Å². The SMILES string of the molecule is COc1ccccc1CN1C(=O)CCC1(C)C(=O)NCc1ccccc1. The molecule has 1 aliphatic heterocycles. The summed E-state index contributed by atoms with van der Waals surface area (Å²) in [5.74, 6) is 0.592. The van der Waals surface area contributed by atoms with Crippen molar-refractivity contribution >= 4 is 11.8 Å². The van der Waals surface area contributed by atoms with E-state index in [1.165, 1.54) is 0 Å². The van der Waals surface area contributed by atoms with Gasteiger partial charge in [-0.25, -0.2) is 0 Å². The molecule has 0 bridgehead atoms. The van der Waals surface area contributed by atoms with Gasteiger partial charge in [-0.3, -0.25) is 9.59 Å². The average Bonchev–Trinajstić information content (AvgIpc) is 2.97. The predicted molar refractivity (Wildman–Crippen MR) is 99.5 cm³/mol. The fraction of sp³-hybridized carbons (Fsp3) is 0.333. The molecule has 0 radical (unpaired) electrons. The second-order valence-electron chi connectivity index (χ2n) is 6.73. The Morgan fingerprint density at radius 1 is 1.15 bits per heavy atom. The van der Waals surface area contributed by atoms with Gasteiger partial charge >= 0.3 is 0 Å². The summed E-state index contributed by atoms with van der Waals surface area (Å²) >= 11 is 0. The highest BCUT2D eigenvalue weighted by Gasteiger charge is 2.47. The molecule has 2 aromatic rings. The normalized spacial score (nSPS) is 19.5. The highest BCUT2D eigenvalue weighted by atomic mass is 16.5. The lowest BCUT2D eigenvalue weighted by Gasteiger charge is -2.34. The number of carbonyl (C=O) groups is 2. The molecule has 3 rings (SSSR count). The Hall–Kier alpha value is -2.82. The van der Waals surface area contributed by atoms with E-state index in [0.717, 1.165) is 16.9 Å². The van der Waals surface area contributed by atoms with Crippen molar-refractivity contribution in [2.24, 2.45) is 0 Å². The monoisotopic (exact) mass is 352 g/mol. The van der Waals surface area contributed by atoms with Crippen molar-refractivity contribution in [3.8, 4) is 5.75 Å². The number of para-hydroxylation sites is 1. The van der Waals surface area contributed by atoms with Gasteiger partial charge in [0.25, 0.3) is 0 Å². The van der Waals surface area contributed by atoms with Crippen molar-refractivity contribution in [2.45, 2.75) is 38.4 Å². The largest absolute Gasteiger partial charge is 0.496 e. The summed E-state index contributed by atoms with van der Waals surface area (Å²) in [5, 5.41) is 2.98. The first-order valence-corrected chi connectivity index (χ1v) is 8.79. The topological polar surface area (TPSA) is 58.6 Å². The van der Waals surface area contributed by atoms with E-state index in [-0.39, 0.29) is 11.8 Å². The smallest absolute Gasteiger partial charge is 0.245 e. The molecule has 1 unspecified atom stereocenters. The molecule has 1 fully saturated rings. The van der Waals surface area contributed by atoms with Crippen LogP contribution < -0.4 is 10.1 Å². The standard InChI is InChI=1S/C21H24N2O3/c1-21(20(25)22-14-16-8-4-3-5-9-16)13-12-19(24)23(21)15-17-10-6-7-11-18(17)26-2/h3-11H,12-15H2,1-2H3,(H,22,25). The van der Waals surface area contributed by atoms with Crippen LogP contribution in [0.2, 0.25) is 0 Å². The van der Waals surface area contributed by atoms with Crippen LogP contribution in [0.3, 0.4) is 0 Å². The van der Waals surface area contributed by atoms with E-state index >= 15 is 0 Å². The predicted octanol–water partition coefficient (Wildman–Crippen LogP) is 2.89. The van der Waals surface area contributed by atoms with Gasteiger partial charge in [-0.15, -0.1) is 0 Å². The third-order valence-corrected chi connectivity index (χ3v) is 5.03. The maximum absolute atomic E-state index is 12.9. The van der Waals surface area contributed by atoms with Crippen LogP contribution >= 0.6 is 0 Å². The highest BCUT2D eigenvalue weighted by molar-refractivity contribution is 5.94. The van der Waals surface area contributed by atoms with Crippen LogP contribution in [0.1, 0.15) is 30.9 Å². The zero-order valence-corrected chi connectivity index (χ0v) is 15.2.